The molecule has 0 amide bonds. The van der Waals surface area contributed by atoms with E-state index < -0.39 is 0 Å². The highest BCUT2D eigenvalue weighted by molar-refractivity contribution is 9.10. The van der Waals surface area contributed by atoms with Gasteiger partial charge >= 0.3 is 0 Å². The van der Waals surface area contributed by atoms with Crippen LogP contribution < -0.4 is 5.32 Å². The van der Waals surface area contributed by atoms with E-state index in [-0.39, 0.29) is 0 Å². The lowest BCUT2D eigenvalue weighted by molar-refractivity contribution is 1.10. The molecule has 0 unspecified atom stereocenters. The summed E-state index contributed by atoms with van der Waals surface area (Å²) in [4.78, 5) is 5.52. The summed E-state index contributed by atoms with van der Waals surface area (Å²) >= 11 is 5.08. The highest BCUT2D eigenvalue weighted by atomic mass is 79.9. The van der Waals surface area contributed by atoms with Gasteiger partial charge in [0.1, 0.15) is 11.9 Å². The third-order valence-electron chi connectivity index (χ3n) is 2.21. The Morgan fingerprint density at radius 2 is 2.35 bits per heavy atom. The Labute approximate surface area is 112 Å². The Balaban J connectivity index is 2.13. The van der Waals surface area contributed by atoms with E-state index in [0.29, 0.717) is 17.9 Å². The first-order chi connectivity index (χ1) is 8.19. The normalized spacial score (nSPS) is 9.94. The zero-order valence-corrected chi connectivity index (χ0v) is 11.6. The molecule has 2 heterocycles. The number of nitriles is 1. The number of halogens is 1. The molecule has 17 heavy (non-hydrogen) atoms. The molecule has 5 heteroatoms. The maximum absolute atomic E-state index is 8.98. The van der Waals surface area contributed by atoms with Crippen LogP contribution in [0.4, 0.5) is 5.82 Å². The van der Waals surface area contributed by atoms with Crippen LogP contribution in [0.3, 0.4) is 0 Å². The summed E-state index contributed by atoms with van der Waals surface area (Å²) in [6.45, 7) is 2.59. The molecule has 0 aliphatic rings. The lowest BCUT2D eigenvalue weighted by Gasteiger charge is -2.06. The summed E-state index contributed by atoms with van der Waals surface area (Å²) < 4.78 is 1.08. The van der Waals surface area contributed by atoms with Gasteiger partial charge in [-0.3, -0.25) is 0 Å². The first-order valence-corrected chi connectivity index (χ1v) is 6.71. The number of hydrogen-bond donors (Lipinski definition) is 1. The van der Waals surface area contributed by atoms with Gasteiger partial charge in [0.25, 0.3) is 0 Å². The van der Waals surface area contributed by atoms with E-state index in [4.69, 9.17) is 5.26 Å². The van der Waals surface area contributed by atoms with Gasteiger partial charge in [0, 0.05) is 20.4 Å². The van der Waals surface area contributed by atoms with E-state index >= 15 is 0 Å². The van der Waals surface area contributed by atoms with Crippen molar-refractivity contribution < 1.29 is 0 Å². The van der Waals surface area contributed by atoms with Crippen LogP contribution in [0.2, 0.25) is 0 Å². The third kappa shape index (κ3) is 3.05. The number of anilines is 1. The van der Waals surface area contributed by atoms with E-state index in [1.807, 2.05) is 18.4 Å². The molecule has 0 fully saturated rings. The first kappa shape index (κ1) is 12.1. The lowest BCUT2D eigenvalue weighted by atomic mass is 10.2. The Morgan fingerprint density at radius 1 is 1.53 bits per heavy atom. The largest absolute Gasteiger partial charge is 0.364 e. The van der Waals surface area contributed by atoms with Crippen molar-refractivity contribution in [2.75, 3.05) is 5.32 Å². The molecule has 0 aliphatic carbocycles. The molecule has 0 spiro atoms. The number of aryl methyl sites for hydroxylation is 1. The molecular weight excluding hydrogens is 298 g/mol. The minimum Gasteiger partial charge on any atom is -0.364 e. The number of rotatable bonds is 3. The van der Waals surface area contributed by atoms with Gasteiger partial charge in [0.05, 0.1) is 12.1 Å². The smallest absolute Gasteiger partial charge is 0.144 e. The molecule has 0 aliphatic heterocycles. The number of thiophene rings is 1. The Morgan fingerprint density at radius 3 is 3.00 bits per heavy atom. The average Bonchev–Trinajstić information content (AvgIpc) is 2.73. The molecular formula is C12H10BrN3S. The summed E-state index contributed by atoms with van der Waals surface area (Å²) in [7, 11) is 0. The van der Waals surface area contributed by atoms with Crippen molar-refractivity contribution in [1.29, 1.82) is 5.26 Å². The van der Waals surface area contributed by atoms with Gasteiger partial charge in [-0.2, -0.15) is 5.26 Å². The molecule has 2 aromatic heterocycles. The van der Waals surface area contributed by atoms with Crippen LogP contribution in [0.15, 0.2) is 28.1 Å². The van der Waals surface area contributed by atoms with Gasteiger partial charge in [-0.25, -0.2) is 4.98 Å². The number of aromatic nitrogens is 1. The molecule has 0 aromatic carbocycles. The third-order valence-corrected chi connectivity index (χ3v) is 3.90. The predicted octanol–water partition coefficient (Wildman–Crippen LogP) is 3.70. The van der Waals surface area contributed by atoms with Crippen molar-refractivity contribution >= 4 is 33.1 Å². The van der Waals surface area contributed by atoms with Gasteiger partial charge in [-0.15, -0.1) is 11.3 Å². The number of hydrogen-bond acceptors (Lipinski definition) is 4. The van der Waals surface area contributed by atoms with E-state index in [9.17, 15) is 0 Å². The van der Waals surface area contributed by atoms with Gasteiger partial charge in [-0.1, -0.05) is 0 Å². The van der Waals surface area contributed by atoms with Gasteiger partial charge in [0.15, 0.2) is 0 Å². The Bertz CT molecular complexity index is 571. The molecule has 0 radical (unpaired) electrons. The van der Waals surface area contributed by atoms with Crippen LogP contribution in [0.5, 0.6) is 0 Å². The van der Waals surface area contributed by atoms with Crippen molar-refractivity contribution in [2.24, 2.45) is 0 Å². The molecule has 1 N–H and O–H groups in total. The van der Waals surface area contributed by atoms with Crippen molar-refractivity contribution in [1.82, 2.24) is 4.98 Å². The van der Waals surface area contributed by atoms with E-state index in [2.05, 4.69) is 38.4 Å². The SMILES string of the molecule is Cc1ccc(C#N)c(NCc2cc(Br)cs2)n1. The van der Waals surface area contributed by atoms with Crippen LogP contribution in [0.1, 0.15) is 16.1 Å². The second-order valence-corrected chi connectivity index (χ2v) is 5.46. The van der Waals surface area contributed by atoms with Crippen molar-refractivity contribution in [3.05, 3.63) is 44.2 Å². The van der Waals surface area contributed by atoms with E-state index in [1.54, 1.807) is 17.4 Å². The van der Waals surface area contributed by atoms with Gasteiger partial charge < -0.3 is 5.32 Å². The average molecular weight is 308 g/mol. The molecule has 0 saturated carbocycles. The highest BCUT2D eigenvalue weighted by Crippen LogP contribution is 2.21. The summed E-state index contributed by atoms with van der Waals surface area (Å²) in [5.74, 6) is 0.650. The van der Waals surface area contributed by atoms with Crippen molar-refractivity contribution in [3.8, 4) is 6.07 Å². The molecule has 0 saturated heterocycles. The van der Waals surface area contributed by atoms with Gasteiger partial charge in [0.2, 0.25) is 0 Å². The minimum atomic E-state index is 0.575. The second kappa shape index (κ2) is 5.30. The number of nitrogens with one attached hydrogen (secondary N) is 1. The monoisotopic (exact) mass is 307 g/mol. The standard InChI is InChI=1S/C12H10BrN3S/c1-8-2-3-9(5-14)12(16-8)15-6-11-4-10(13)7-17-11/h2-4,7H,6H2,1H3,(H,15,16). The fraction of sp³-hybridized carbons (Fsp3) is 0.167. The zero-order valence-electron chi connectivity index (χ0n) is 9.20. The van der Waals surface area contributed by atoms with Crippen LogP contribution in [-0.2, 0) is 6.54 Å². The quantitative estimate of drug-likeness (QED) is 0.940. The molecule has 2 rings (SSSR count). The van der Waals surface area contributed by atoms with E-state index in [1.165, 1.54) is 4.88 Å². The summed E-state index contributed by atoms with van der Waals surface area (Å²) in [6.07, 6.45) is 0. The molecule has 2 aromatic rings. The zero-order chi connectivity index (χ0) is 12.3. The number of pyridine rings is 1. The maximum Gasteiger partial charge on any atom is 0.144 e. The van der Waals surface area contributed by atoms with Gasteiger partial charge in [-0.05, 0) is 41.1 Å². The van der Waals surface area contributed by atoms with Crippen LogP contribution in [0, 0.1) is 18.3 Å². The van der Waals surface area contributed by atoms with Crippen LogP contribution >= 0.6 is 27.3 Å². The van der Waals surface area contributed by atoms with Crippen LogP contribution in [0.25, 0.3) is 0 Å². The molecule has 86 valence electrons. The topological polar surface area (TPSA) is 48.7 Å². The molecule has 0 atom stereocenters. The summed E-state index contributed by atoms with van der Waals surface area (Å²) in [5.41, 5.74) is 1.48. The fourth-order valence-electron chi connectivity index (χ4n) is 1.40. The fourth-order valence-corrected chi connectivity index (χ4v) is 2.79. The van der Waals surface area contributed by atoms with Crippen molar-refractivity contribution in [2.45, 2.75) is 13.5 Å². The maximum atomic E-state index is 8.98. The first-order valence-electron chi connectivity index (χ1n) is 5.03. The predicted molar refractivity (Wildman–Crippen MR) is 73.0 cm³/mol. The molecule has 0 bridgehead atoms. The summed E-state index contributed by atoms with van der Waals surface area (Å²) in [5, 5.41) is 14.2. The highest BCUT2D eigenvalue weighted by Gasteiger charge is 2.04. The second-order valence-electron chi connectivity index (χ2n) is 3.55. The Kier molecular flexibility index (Phi) is 3.77. The van der Waals surface area contributed by atoms with Crippen molar-refractivity contribution in [3.63, 3.8) is 0 Å². The lowest BCUT2D eigenvalue weighted by Crippen LogP contribution is -2.03. The van der Waals surface area contributed by atoms with Crippen LogP contribution in [-0.4, -0.2) is 4.98 Å². The molecule has 3 nitrogen and oxygen atoms in total. The Hall–Kier alpha value is -1.38. The summed E-state index contributed by atoms with van der Waals surface area (Å²) in [6, 6.07) is 7.81. The minimum absolute atomic E-state index is 0.575. The van der Waals surface area contributed by atoms with E-state index in [0.717, 1.165) is 10.2 Å². The number of nitrogens with zero attached hydrogens (tertiary/aromatic N) is 2.